The van der Waals surface area contributed by atoms with E-state index in [-0.39, 0.29) is 6.03 Å². The lowest BCUT2D eigenvalue weighted by Gasteiger charge is -2.34. The maximum atomic E-state index is 12.2. The van der Waals surface area contributed by atoms with Crippen molar-refractivity contribution in [1.29, 1.82) is 0 Å². The first-order valence-corrected chi connectivity index (χ1v) is 6.97. The van der Waals surface area contributed by atoms with E-state index in [1.807, 2.05) is 49.3 Å². The first-order valence-electron chi connectivity index (χ1n) is 6.97. The lowest BCUT2D eigenvalue weighted by Crippen LogP contribution is -2.44. The number of nitrogens with zero attached hydrogens (tertiary/aromatic N) is 1. The van der Waals surface area contributed by atoms with Gasteiger partial charge in [0.15, 0.2) is 0 Å². The molecule has 19 heavy (non-hydrogen) atoms. The van der Waals surface area contributed by atoms with E-state index >= 15 is 0 Å². The van der Waals surface area contributed by atoms with Gasteiger partial charge in [-0.05, 0) is 44.9 Å². The van der Waals surface area contributed by atoms with Gasteiger partial charge in [-0.15, -0.1) is 0 Å². The maximum absolute atomic E-state index is 12.2. The number of amides is 2. The van der Waals surface area contributed by atoms with Gasteiger partial charge in [0, 0.05) is 24.8 Å². The summed E-state index contributed by atoms with van der Waals surface area (Å²) in [4.78, 5) is 14.0. The summed E-state index contributed by atoms with van der Waals surface area (Å²) in [6.07, 6.45) is 4.43. The van der Waals surface area contributed by atoms with Crippen LogP contribution in [0.4, 0.5) is 10.5 Å². The number of nitrogens with one attached hydrogen (secondary N) is 2. The fraction of sp³-hybridized carbons (Fsp3) is 0.533. The van der Waals surface area contributed by atoms with Crippen LogP contribution in [0.25, 0.3) is 0 Å². The predicted molar refractivity (Wildman–Crippen MR) is 78.3 cm³/mol. The average Bonchev–Trinajstić information content (AvgIpc) is 2.47. The Balaban J connectivity index is 1.86. The maximum Gasteiger partial charge on any atom is 0.321 e. The zero-order chi connectivity index (χ0) is 13.7. The minimum atomic E-state index is -0.0147. The summed E-state index contributed by atoms with van der Waals surface area (Å²) < 4.78 is 0. The molecule has 0 aliphatic heterocycles. The van der Waals surface area contributed by atoms with Gasteiger partial charge >= 0.3 is 6.03 Å². The second-order valence-corrected chi connectivity index (χ2v) is 5.20. The Morgan fingerprint density at radius 2 is 1.79 bits per heavy atom. The van der Waals surface area contributed by atoms with E-state index in [0.717, 1.165) is 31.4 Å². The van der Waals surface area contributed by atoms with Crippen LogP contribution in [-0.2, 0) is 0 Å². The summed E-state index contributed by atoms with van der Waals surface area (Å²) in [7, 11) is 3.90. The third kappa shape index (κ3) is 3.70. The normalized spacial score (nSPS) is 22.8. The zero-order valence-corrected chi connectivity index (χ0v) is 11.7. The quantitative estimate of drug-likeness (QED) is 0.878. The number of urea groups is 1. The highest BCUT2D eigenvalue weighted by Gasteiger charge is 2.25. The fourth-order valence-corrected chi connectivity index (χ4v) is 2.65. The van der Waals surface area contributed by atoms with Gasteiger partial charge < -0.3 is 15.5 Å². The molecule has 2 rings (SSSR count). The molecule has 104 valence electrons. The van der Waals surface area contributed by atoms with Crippen molar-refractivity contribution in [1.82, 2.24) is 10.2 Å². The number of hydrogen-bond acceptors (Lipinski definition) is 2. The first kappa shape index (κ1) is 13.9. The van der Waals surface area contributed by atoms with E-state index < -0.39 is 0 Å². The molecule has 0 spiro atoms. The Labute approximate surface area is 115 Å². The van der Waals surface area contributed by atoms with E-state index in [1.165, 1.54) is 0 Å². The highest BCUT2D eigenvalue weighted by Crippen LogP contribution is 2.22. The molecule has 0 radical (unpaired) electrons. The monoisotopic (exact) mass is 261 g/mol. The van der Waals surface area contributed by atoms with E-state index in [0.29, 0.717) is 12.1 Å². The number of carbonyl (C=O) groups excluding carboxylic acids is 1. The van der Waals surface area contributed by atoms with Crippen molar-refractivity contribution in [2.45, 2.75) is 37.8 Å². The summed E-state index contributed by atoms with van der Waals surface area (Å²) in [6.45, 7) is 0. The van der Waals surface area contributed by atoms with Gasteiger partial charge in [-0.3, -0.25) is 0 Å². The van der Waals surface area contributed by atoms with Crippen molar-refractivity contribution >= 4 is 11.7 Å². The van der Waals surface area contributed by atoms with Crippen LogP contribution in [0.3, 0.4) is 0 Å². The third-order valence-corrected chi connectivity index (χ3v) is 4.00. The molecule has 4 nitrogen and oxygen atoms in total. The second-order valence-electron chi connectivity index (χ2n) is 5.20. The zero-order valence-electron chi connectivity index (χ0n) is 11.7. The summed E-state index contributed by atoms with van der Waals surface area (Å²) in [5.74, 6) is 0. The average molecular weight is 261 g/mol. The fourth-order valence-electron chi connectivity index (χ4n) is 2.65. The van der Waals surface area contributed by atoms with E-state index in [2.05, 4.69) is 10.6 Å². The predicted octanol–water partition coefficient (Wildman–Crippen LogP) is 2.68. The van der Waals surface area contributed by atoms with Crippen LogP contribution in [0.15, 0.2) is 30.3 Å². The van der Waals surface area contributed by atoms with E-state index in [1.54, 1.807) is 0 Å². The van der Waals surface area contributed by atoms with Crippen LogP contribution >= 0.6 is 0 Å². The molecule has 2 N–H and O–H groups in total. The second kappa shape index (κ2) is 6.57. The van der Waals surface area contributed by atoms with Gasteiger partial charge in [-0.1, -0.05) is 18.2 Å². The number of anilines is 1. The minimum Gasteiger partial charge on any atom is -0.325 e. The van der Waals surface area contributed by atoms with Gasteiger partial charge in [0.25, 0.3) is 0 Å². The minimum absolute atomic E-state index is 0.0147. The number of hydrogen-bond donors (Lipinski definition) is 2. The number of benzene rings is 1. The van der Waals surface area contributed by atoms with Crippen molar-refractivity contribution in [3.63, 3.8) is 0 Å². The molecule has 0 heterocycles. The Kier molecular flexibility index (Phi) is 4.80. The molecule has 1 aromatic rings. The largest absolute Gasteiger partial charge is 0.325 e. The van der Waals surface area contributed by atoms with Gasteiger partial charge in [-0.25, -0.2) is 4.79 Å². The van der Waals surface area contributed by atoms with Crippen molar-refractivity contribution in [3.05, 3.63) is 30.3 Å². The Bertz CT molecular complexity index is 399. The smallest absolute Gasteiger partial charge is 0.321 e. The van der Waals surface area contributed by atoms with Crippen molar-refractivity contribution in [3.8, 4) is 0 Å². The third-order valence-electron chi connectivity index (χ3n) is 4.00. The molecule has 1 saturated carbocycles. The van der Waals surface area contributed by atoms with Gasteiger partial charge in [0.1, 0.15) is 0 Å². The molecule has 0 bridgehead atoms. The lowest BCUT2D eigenvalue weighted by atomic mass is 9.90. The van der Waals surface area contributed by atoms with Crippen molar-refractivity contribution < 1.29 is 4.79 Å². The van der Waals surface area contributed by atoms with Crippen LogP contribution in [0.2, 0.25) is 0 Å². The summed E-state index contributed by atoms with van der Waals surface area (Å²) in [5.41, 5.74) is 0.850. The molecule has 1 aliphatic carbocycles. The Hall–Kier alpha value is -1.55. The molecule has 1 aliphatic rings. The molecule has 1 aromatic carbocycles. The summed E-state index contributed by atoms with van der Waals surface area (Å²) in [6, 6.07) is 10.6. The van der Waals surface area contributed by atoms with Gasteiger partial charge in [-0.2, -0.15) is 0 Å². The molecular weight excluding hydrogens is 238 g/mol. The summed E-state index contributed by atoms with van der Waals surface area (Å²) >= 11 is 0. The molecular formula is C15H23N3O. The highest BCUT2D eigenvalue weighted by molar-refractivity contribution is 5.89. The standard InChI is InChI=1S/C15H23N3O/c1-16-12-8-10-14(11-9-12)18(2)15(19)17-13-6-4-3-5-7-13/h3-7,12,14,16H,8-11H2,1-2H3,(H,17,19). The molecule has 0 atom stereocenters. The van der Waals surface area contributed by atoms with Crippen molar-refractivity contribution in [2.24, 2.45) is 0 Å². The van der Waals surface area contributed by atoms with Gasteiger partial charge in [0.05, 0.1) is 0 Å². The van der Waals surface area contributed by atoms with Crippen molar-refractivity contribution in [2.75, 3.05) is 19.4 Å². The Morgan fingerprint density at radius 3 is 2.37 bits per heavy atom. The van der Waals surface area contributed by atoms with E-state index in [9.17, 15) is 4.79 Å². The van der Waals surface area contributed by atoms with E-state index in [4.69, 9.17) is 0 Å². The topological polar surface area (TPSA) is 44.4 Å². The number of carbonyl (C=O) groups is 1. The highest BCUT2D eigenvalue weighted by atomic mass is 16.2. The van der Waals surface area contributed by atoms with Crippen LogP contribution in [0.1, 0.15) is 25.7 Å². The lowest BCUT2D eigenvalue weighted by molar-refractivity contribution is 0.178. The van der Waals surface area contributed by atoms with Crippen LogP contribution in [0.5, 0.6) is 0 Å². The molecule has 1 fully saturated rings. The SMILES string of the molecule is CNC1CCC(N(C)C(=O)Nc2ccccc2)CC1. The van der Waals surface area contributed by atoms with Crippen LogP contribution in [0, 0.1) is 0 Å². The molecule has 2 amide bonds. The first-order chi connectivity index (χ1) is 9.20. The van der Waals surface area contributed by atoms with Gasteiger partial charge in [0.2, 0.25) is 0 Å². The molecule has 4 heteroatoms. The van der Waals surface area contributed by atoms with Crippen LogP contribution < -0.4 is 10.6 Å². The number of rotatable bonds is 3. The summed E-state index contributed by atoms with van der Waals surface area (Å²) in [5, 5.41) is 6.25. The molecule has 0 saturated heterocycles. The van der Waals surface area contributed by atoms with Crippen LogP contribution in [-0.4, -0.2) is 37.1 Å². The number of para-hydroxylation sites is 1. The molecule has 0 aromatic heterocycles. The molecule has 0 unspecified atom stereocenters. The Morgan fingerprint density at radius 1 is 1.16 bits per heavy atom.